The van der Waals surface area contributed by atoms with Crippen LogP contribution in [0.1, 0.15) is 21.5 Å². The van der Waals surface area contributed by atoms with Gasteiger partial charge in [0.15, 0.2) is 0 Å². The zero-order valence-electron chi connectivity index (χ0n) is 11.1. The number of carbonyl (C=O) groups is 1. The Morgan fingerprint density at radius 2 is 1.86 bits per heavy atom. The van der Waals surface area contributed by atoms with E-state index in [0.29, 0.717) is 0 Å². The molecule has 0 heterocycles. The van der Waals surface area contributed by atoms with Crippen molar-refractivity contribution in [2.45, 2.75) is 12.8 Å². The Morgan fingerprint density at radius 1 is 1.14 bits per heavy atom. The van der Waals surface area contributed by atoms with E-state index in [1.54, 1.807) is 0 Å². The molecule has 116 valence electrons. The molecule has 22 heavy (non-hydrogen) atoms. The molecule has 0 aliphatic rings. The van der Waals surface area contributed by atoms with Crippen molar-refractivity contribution in [3.05, 3.63) is 59.2 Å². The number of carboxylic acid groups (broad SMARTS) is 1. The Hall–Kier alpha value is -2.70. The molecule has 0 saturated heterocycles. The number of ether oxygens (including phenoxy) is 1. The molecule has 2 aromatic rings. The number of aromatic carboxylic acids is 1. The normalized spacial score (nSPS) is 11.2. The molecule has 4 nitrogen and oxygen atoms in total. The highest BCUT2D eigenvalue weighted by molar-refractivity contribution is 5.89. The molecule has 0 saturated carbocycles. The predicted octanol–water partition coefficient (Wildman–Crippen LogP) is 3.69. The first-order chi connectivity index (χ1) is 10.3. The number of alkyl halides is 3. The Bertz CT molecular complexity index is 695. The largest absolute Gasteiger partial charge is 0.508 e. The number of hydrogen-bond acceptors (Lipinski definition) is 3. The van der Waals surface area contributed by atoms with Crippen molar-refractivity contribution in [3.63, 3.8) is 0 Å². The fourth-order valence-corrected chi connectivity index (χ4v) is 1.81. The van der Waals surface area contributed by atoms with Crippen LogP contribution < -0.4 is 4.74 Å². The van der Waals surface area contributed by atoms with E-state index >= 15 is 0 Å². The maximum atomic E-state index is 12.6. The fraction of sp³-hybridized carbons (Fsp3) is 0.133. The van der Waals surface area contributed by atoms with Gasteiger partial charge in [-0.2, -0.15) is 13.2 Å². The summed E-state index contributed by atoms with van der Waals surface area (Å²) in [5.41, 5.74) is -0.788. The number of carboxylic acids is 1. The van der Waals surface area contributed by atoms with Gasteiger partial charge >= 0.3 is 12.1 Å². The van der Waals surface area contributed by atoms with Crippen LogP contribution in [0.2, 0.25) is 0 Å². The lowest BCUT2D eigenvalue weighted by Gasteiger charge is -2.11. The number of phenolic OH excluding ortho intramolecular Hbond substituents is 1. The lowest BCUT2D eigenvalue weighted by Crippen LogP contribution is -2.07. The van der Waals surface area contributed by atoms with Gasteiger partial charge in [-0.1, -0.05) is 12.1 Å². The SMILES string of the molecule is O=C(O)c1cc(O)ccc1COc1cccc(C(F)(F)F)c1. The van der Waals surface area contributed by atoms with Gasteiger partial charge in [-0.3, -0.25) is 0 Å². The Morgan fingerprint density at radius 3 is 2.50 bits per heavy atom. The second-order valence-corrected chi connectivity index (χ2v) is 4.46. The molecule has 2 aromatic carbocycles. The third kappa shape index (κ3) is 3.69. The van der Waals surface area contributed by atoms with Crippen molar-refractivity contribution in [2.24, 2.45) is 0 Å². The summed E-state index contributed by atoms with van der Waals surface area (Å²) in [5.74, 6) is -1.52. The van der Waals surface area contributed by atoms with Crippen LogP contribution in [0.5, 0.6) is 11.5 Å². The number of rotatable bonds is 4. The van der Waals surface area contributed by atoms with Gasteiger partial charge in [-0.15, -0.1) is 0 Å². The molecule has 0 radical (unpaired) electrons. The quantitative estimate of drug-likeness (QED) is 0.903. The molecular weight excluding hydrogens is 301 g/mol. The Kier molecular flexibility index (Phi) is 4.25. The molecule has 7 heteroatoms. The van der Waals surface area contributed by atoms with E-state index in [9.17, 15) is 23.1 Å². The van der Waals surface area contributed by atoms with E-state index in [4.69, 9.17) is 9.84 Å². The number of benzene rings is 2. The highest BCUT2D eigenvalue weighted by Gasteiger charge is 2.30. The van der Waals surface area contributed by atoms with Crippen LogP contribution in [0, 0.1) is 0 Å². The summed E-state index contributed by atoms with van der Waals surface area (Å²) in [6, 6.07) is 7.96. The minimum atomic E-state index is -4.48. The van der Waals surface area contributed by atoms with Gasteiger partial charge in [-0.05, 0) is 30.3 Å². The molecule has 0 aromatic heterocycles. The maximum absolute atomic E-state index is 12.6. The first-order valence-corrected chi connectivity index (χ1v) is 6.12. The molecule has 0 fully saturated rings. The maximum Gasteiger partial charge on any atom is 0.416 e. The fourth-order valence-electron chi connectivity index (χ4n) is 1.81. The van der Waals surface area contributed by atoms with Crippen LogP contribution in [0.15, 0.2) is 42.5 Å². The molecule has 2 rings (SSSR count). The van der Waals surface area contributed by atoms with Crippen molar-refractivity contribution in [1.82, 2.24) is 0 Å². The van der Waals surface area contributed by atoms with Crippen LogP contribution in [0.4, 0.5) is 13.2 Å². The summed E-state index contributed by atoms with van der Waals surface area (Å²) >= 11 is 0. The average molecular weight is 312 g/mol. The zero-order chi connectivity index (χ0) is 16.3. The second-order valence-electron chi connectivity index (χ2n) is 4.46. The first kappa shape index (κ1) is 15.7. The lowest BCUT2D eigenvalue weighted by atomic mass is 10.1. The van der Waals surface area contributed by atoms with Gasteiger partial charge in [0.05, 0.1) is 11.1 Å². The minimum Gasteiger partial charge on any atom is -0.508 e. The third-order valence-electron chi connectivity index (χ3n) is 2.88. The number of phenols is 1. The molecule has 0 spiro atoms. The molecule has 0 aliphatic heterocycles. The van der Waals surface area contributed by atoms with Gasteiger partial charge in [0, 0.05) is 5.56 Å². The highest BCUT2D eigenvalue weighted by Crippen LogP contribution is 2.31. The van der Waals surface area contributed by atoms with E-state index in [0.717, 1.165) is 18.2 Å². The third-order valence-corrected chi connectivity index (χ3v) is 2.88. The van der Waals surface area contributed by atoms with Crippen LogP contribution in [-0.2, 0) is 12.8 Å². The smallest absolute Gasteiger partial charge is 0.416 e. The van der Waals surface area contributed by atoms with Gasteiger partial charge in [-0.25, -0.2) is 4.79 Å². The van der Waals surface area contributed by atoms with Crippen LogP contribution in [0.3, 0.4) is 0 Å². The van der Waals surface area contributed by atoms with Gasteiger partial charge in [0.1, 0.15) is 18.1 Å². The molecule has 0 aliphatic carbocycles. The van der Waals surface area contributed by atoms with Crippen molar-refractivity contribution < 1.29 is 32.9 Å². The summed E-state index contributed by atoms with van der Waals surface area (Å²) in [7, 11) is 0. The number of hydrogen-bond donors (Lipinski definition) is 2. The van der Waals surface area contributed by atoms with E-state index in [-0.39, 0.29) is 29.2 Å². The molecule has 0 atom stereocenters. The molecule has 0 bridgehead atoms. The summed E-state index contributed by atoms with van der Waals surface area (Å²) in [4.78, 5) is 11.1. The topological polar surface area (TPSA) is 66.8 Å². The van der Waals surface area contributed by atoms with Crippen molar-refractivity contribution in [2.75, 3.05) is 0 Å². The van der Waals surface area contributed by atoms with Crippen LogP contribution in [0.25, 0.3) is 0 Å². The standard InChI is InChI=1S/C15H11F3O4/c16-15(17,18)10-2-1-3-12(6-10)22-8-9-4-5-11(19)7-13(9)14(20)21/h1-7,19H,8H2,(H,20,21). The van der Waals surface area contributed by atoms with Gasteiger partial charge in [0.25, 0.3) is 0 Å². The first-order valence-electron chi connectivity index (χ1n) is 6.12. The van der Waals surface area contributed by atoms with Crippen molar-refractivity contribution in [3.8, 4) is 11.5 Å². The predicted molar refractivity (Wildman–Crippen MR) is 70.8 cm³/mol. The van der Waals surface area contributed by atoms with E-state index in [2.05, 4.69) is 0 Å². The molecular formula is C15H11F3O4. The summed E-state index contributed by atoms with van der Waals surface area (Å²) in [6.45, 7) is -0.233. The minimum absolute atomic E-state index is 0.0285. The summed E-state index contributed by atoms with van der Waals surface area (Å²) < 4.78 is 43.0. The highest BCUT2D eigenvalue weighted by atomic mass is 19.4. The molecule has 0 unspecified atom stereocenters. The van der Waals surface area contributed by atoms with Gasteiger partial charge in [0.2, 0.25) is 0 Å². The molecule has 0 amide bonds. The van der Waals surface area contributed by atoms with E-state index < -0.39 is 17.7 Å². The number of halogens is 3. The molecule has 2 N–H and O–H groups in total. The summed E-state index contributed by atoms with van der Waals surface area (Å²) in [5, 5.41) is 18.3. The van der Waals surface area contributed by atoms with E-state index in [1.807, 2.05) is 0 Å². The van der Waals surface area contributed by atoms with Crippen LogP contribution >= 0.6 is 0 Å². The van der Waals surface area contributed by atoms with Gasteiger partial charge < -0.3 is 14.9 Å². The second kappa shape index (κ2) is 5.97. The summed E-state index contributed by atoms with van der Waals surface area (Å²) in [6.07, 6.45) is -4.48. The Labute approximate surface area is 123 Å². The van der Waals surface area contributed by atoms with Crippen molar-refractivity contribution in [1.29, 1.82) is 0 Å². The Balaban J connectivity index is 2.19. The average Bonchev–Trinajstić information content (AvgIpc) is 2.45. The van der Waals surface area contributed by atoms with Crippen molar-refractivity contribution >= 4 is 5.97 Å². The monoisotopic (exact) mass is 312 g/mol. The number of aromatic hydroxyl groups is 1. The van der Waals surface area contributed by atoms with Crippen LogP contribution in [-0.4, -0.2) is 16.2 Å². The zero-order valence-corrected chi connectivity index (χ0v) is 11.1. The van der Waals surface area contributed by atoms with E-state index in [1.165, 1.54) is 24.3 Å². The lowest BCUT2D eigenvalue weighted by molar-refractivity contribution is -0.137.